The van der Waals surface area contributed by atoms with E-state index in [1.807, 2.05) is 13.0 Å². The van der Waals surface area contributed by atoms with Crippen LogP contribution in [0.1, 0.15) is 19.5 Å². The summed E-state index contributed by atoms with van der Waals surface area (Å²) in [5, 5.41) is 0. The molecule has 15 heavy (non-hydrogen) atoms. The highest BCUT2D eigenvalue weighted by atomic mass is 16.5. The average molecular weight is 206 g/mol. The van der Waals surface area contributed by atoms with Crippen molar-refractivity contribution in [2.24, 2.45) is 0 Å². The highest BCUT2D eigenvalue weighted by Gasteiger charge is 2.27. The summed E-state index contributed by atoms with van der Waals surface area (Å²) < 4.78 is 5.68. The summed E-state index contributed by atoms with van der Waals surface area (Å²) in [5.41, 5.74) is 1.00. The Kier molecular flexibility index (Phi) is 2.65. The van der Waals surface area contributed by atoms with Crippen molar-refractivity contribution < 1.29 is 4.74 Å². The van der Waals surface area contributed by atoms with E-state index in [1.54, 1.807) is 0 Å². The third kappa shape index (κ3) is 2.48. The third-order valence-corrected chi connectivity index (χ3v) is 2.62. The number of nitrogens with zero attached hydrogens (tertiary/aromatic N) is 2. The molecule has 3 heteroatoms. The molecular formula is C12H18N2O. The SMILES string of the molecule is Cc1cccc(N2CCOC(C)(C)C2)n1. The molecular weight excluding hydrogens is 188 g/mol. The van der Waals surface area contributed by atoms with Gasteiger partial charge in [0.1, 0.15) is 5.82 Å². The smallest absolute Gasteiger partial charge is 0.128 e. The van der Waals surface area contributed by atoms with Gasteiger partial charge < -0.3 is 9.64 Å². The van der Waals surface area contributed by atoms with E-state index in [0.717, 1.165) is 31.2 Å². The molecule has 0 unspecified atom stereocenters. The minimum absolute atomic E-state index is 0.0658. The van der Waals surface area contributed by atoms with Crippen LogP contribution in [0.25, 0.3) is 0 Å². The van der Waals surface area contributed by atoms with E-state index in [-0.39, 0.29) is 5.60 Å². The molecule has 1 fully saturated rings. The average Bonchev–Trinajstić information content (AvgIpc) is 2.16. The molecule has 0 spiro atoms. The van der Waals surface area contributed by atoms with Crippen molar-refractivity contribution in [3.8, 4) is 0 Å². The Morgan fingerprint density at radius 2 is 2.20 bits per heavy atom. The molecule has 0 atom stereocenters. The summed E-state index contributed by atoms with van der Waals surface area (Å²) in [6, 6.07) is 6.14. The van der Waals surface area contributed by atoms with Crippen LogP contribution in [0.3, 0.4) is 0 Å². The Labute approximate surface area is 91.1 Å². The molecule has 0 amide bonds. The second-order valence-corrected chi connectivity index (χ2v) is 4.67. The summed E-state index contributed by atoms with van der Waals surface area (Å²) in [7, 11) is 0. The van der Waals surface area contributed by atoms with Crippen LogP contribution in [-0.2, 0) is 4.74 Å². The minimum atomic E-state index is -0.0658. The first kappa shape index (κ1) is 10.4. The van der Waals surface area contributed by atoms with Gasteiger partial charge in [-0.3, -0.25) is 0 Å². The molecule has 1 aromatic heterocycles. The lowest BCUT2D eigenvalue weighted by atomic mass is 10.1. The fourth-order valence-electron chi connectivity index (χ4n) is 1.92. The van der Waals surface area contributed by atoms with E-state index in [9.17, 15) is 0 Å². The molecule has 82 valence electrons. The van der Waals surface area contributed by atoms with Crippen LogP contribution < -0.4 is 4.90 Å². The zero-order chi connectivity index (χ0) is 10.9. The number of hydrogen-bond donors (Lipinski definition) is 0. The maximum atomic E-state index is 5.68. The first-order valence-corrected chi connectivity index (χ1v) is 5.39. The van der Waals surface area contributed by atoms with Gasteiger partial charge in [-0.15, -0.1) is 0 Å². The highest BCUT2D eigenvalue weighted by molar-refractivity contribution is 5.40. The van der Waals surface area contributed by atoms with Crippen LogP contribution >= 0.6 is 0 Å². The number of ether oxygens (including phenoxy) is 1. The van der Waals surface area contributed by atoms with Crippen molar-refractivity contribution in [1.29, 1.82) is 0 Å². The first-order valence-electron chi connectivity index (χ1n) is 5.39. The largest absolute Gasteiger partial charge is 0.372 e. The maximum Gasteiger partial charge on any atom is 0.128 e. The lowest BCUT2D eigenvalue weighted by Gasteiger charge is -2.38. The van der Waals surface area contributed by atoms with Gasteiger partial charge in [-0.1, -0.05) is 6.07 Å². The number of aryl methyl sites for hydroxylation is 1. The Hall–Kier alpha value is -1.09. The first-order chi connectivity index (χ1) is 7.07. The molecule has 0 radical (unpaired) electrons. The number of pyridine rings is 1. The second-order valence-electron chi connectivity index (χ2n) is 4.67. The maximum absolute atomic E-state index is 5.68. The second kappa shape index (κ2) is 3.81. The van der Waals surface area contributed by atoms with E-state index in [1.165, 1.54) is 0 Å². The zero-order valence-corrected chi connectivity index (χ0v) is 9.66. The lowest BCUT2D eigenvalue weighted by molar-refractivity contribution is -0.0279. The summed E-state index contributed by atoms with van der Waals surface area (Å²) in [6.45, 7) is 8.88. The number of aromatic nitrogens is 1. The van der Waals surface area contributed by atoms with E-state index < -0.39 is 0 Å². The molecule has 0 aromatic carbocycles. The predicted molar refractivity (Wildman–Crippen MR) is 61.2 cm³/mol. The predicted octanol–water partition coefficient (Wildman–Crippen LogP) is 2.01. The quantitative estimate of drug-likeness (QED) is 0.702. The Balaban J connectivity index is 2.17. The van der Waals surface area contributed by atoms with E-state index in [2.05, 4.69) is 35.9 Å². The molecule has 2 rings (SSSR count). The van der Waals surface area contributed by atoms with Gasteiger partial charge >= 0.3 is 0 Å². The van der Waals surface area contributed by atoms with Gasteiger partial charge in [-0.25, -0.2) is 4.98 Å². The summed E-state index contributed by atoms with van der Waals surface area (Å²) in [5.74, 6) is 1.06. The van der Waals surface area contributed by atoms with E-state index in [0.29, 0.717) is 0 Å². The number of morpholine rings is 1. The molecule has 1 aliphatic heterocycles. The molecule has 2 heterocycles. The van der Waals surface area contributed by atoms with Crippen molar-refractivity contribution in [3.05, 3.63) is 23.9 Å². The van der Waals surface area contributed by atoms with Crippen LogP contribution in [0, 0.1) is 6.92 Å². The third-order valence-electron chi connectivity index (χ3n) is 2.62. The van der Waals surface area contributed by atoms with Gasteiger partial charge in [-0.05, 0) is 32.9 Å². The molecule has 0 aliphatic carbocycles. The van der Waals surface area contributed by atoms with Crippen molar-refractivity contribution in [3.63, 3.8) is 0 Å². The molecule has 3 nitrogen and oxygen atoms in total. The van der Waals surface area contributed by atoms with E-state index in [4.69, 9.17) is 4.74 Å². The van der Waals surface area contributed by atoms with Gasteiger partial charge in [0.25, 0.3) is 0 Å². The van der Waals surface area contributed by atoms with Gasteiger partial charge in [0.05, 0.1) is 12.2 Å². The van der Waals surface area contributed by atoms with Gasteiger partial charge in [-0.2, -0.15) is 0 Å². The molecule has 1 saturated heterocycles. The van der Waals surface area contributed by atoms with Gasteiger partial charge in [0.2, 0.25) is 0 Å². The van der Waals surface area contributed by atoms with Crippen molar-refractivity contribution in [1.82, 2.24) is 4.98 Å². The van der Waals surface area contributed by atoms with Crippen LogP contribution in [0.4, 0.5) is 5.82 Å². The summed E-state index contributed by atoms with van der Waals surface area (Å²) in [6.07, 6.45) is 0. The molecule has 0 bridgehead atoms. The van der Waals surface area contributed by atoms with Crippen LogP contribution in [0.2, 0.25) is 0 Å². The molecule has 1 aromatic rings. The van der Waals surface area contributed by atoms with Crippen molar-refractivity contribution in [2.45, 2.75) is 26.4 Å². The molecule has 0 N–H and O–H groups in total. The Bertz CT molecular complexity index is 349. The van der Waals surface area contributed by atoms with Crippen LogP contribution in [-0.4, -0.2) is 30.3 Å². The topological polar surface area (TPSA) is 25.4 Å². The normalized spacial score (nSPS) is 20.3. The van der Waals surface area contributed by atoms with Gasteiger partial charge in [0, 0.05) is 18.8 Å². The number of rotatable bonds is 1. The fourth-order valence-corrected chi connectivity index (χ4v) is 1.92. The summed E-state index contributed by atoms with van der Waals surface area (Å²) in [4.78, 5) is 6.82. The van der Waals surface area contributed by atoms with E-state index >= 15 is 0 Å². The lowest BCUT2D eigenvalue weighted by Crippen LogP contribution is -2.48. The number of anilines is 1. The fraction of sp³-hybridized carbons (Fsp3) is 0.583. The zero-order valence-electron chi connectivity index (χ0n) is 9.66. The standard InChI is InChI=1S/C12H18N2O/c1-10-5-4-6-11(13-10)14-7-8-15-12(2,3)9-14/h4-6H,7-9H2,1-3H3. The van der Waals surface area contributed by atoms with Crippen molar-refractivity contribution in [2.75, 3.05) is 24.6 Å². The number of hydrogen-bond acceptors (Lipinski definition) is 3. The Morgan fingerprint density at radius 1 is 1.40 bits per heavy atom. The van der Waals surface area contributed by atoms with Gasteiger partial charge in [0.15, 0.2) is 0 Å². The van der Waals surface area contributed by atoms with Crippen LogP contribution in [0.15, 0.2) is 18.2 Å². The van der Waals surface area contributed by atoms with Crippen LogP contribution in [0.5, 0.6) is 0 Å². The molecule has 1 aliphatic rings. The van der Waals surface area contributed by atoms with Crippen molar-refractivity contribution >= 4 is 5.82 Å². The molecule has 0 saturated carbocycles. The highest BCUT2D eigenvalue weighted by Crippen LogP contribution is 2.21. The minimum Gasteiger partial charge on any atom is -0.372 e. The monoisotopic (exact) mass is 206 g/mol. The Morgan fingerprint density at radius 3 is 2.87 bits per heavy atom. The summed E-state index contributed by atoms with van der Waals surface area (Å²) >= 11 is 0.